The van der Waals surface area contributed by atoms with E-state index in [9.17, 15) is 0 Å². The van der Waals surface area contributed by atoms with E-state index in [-0.39, 0.29) is 0 Å². The number of thiophene rings is 1. The maximum atomic E-state index is 2.52. The van der Waals surface area contributed by atoms with Crippen LogP contribution in [-0.2, 0) is 0 Å². The Kier molecular flexibility index (Phi) is 9.01. The first-order valence-corrected chi connectivity index (χ1v) is 21.1. The van der Waals surface area contributed by atoms with Gasteiger partial charge in [-0.15, -0.1) is 11.3 Å². The minimum absolute atomic E-state index is 0.672. The average Bonchev–Trinajstić information content (AvgIpc) is 3.63. The van der Waals surface area contributed by atoms with E-state index in [0.717, 1.165) is 5.92 Å². The molecule has 0 spiro atoms. The molecule has 2 fully saturated rings. The summed E-state index contributed by atoms with van der Waals surface area (Å²) in [5.74, 6) is 1.40. The van der Waals surface area contributed by atoms with E-state index in [1.54, 1.807) is 0 Å². The highest BCUT2D eigenvalue weighted by Crippen LogP contribution is 2.47. The summed E-state index contributed by atoms with van der Waals surface area (Å²) >= 11 is 1.89. The number of hydrogen-bond donors (Lipinski definition) is 0. The highest BCUT2D eigenvalue weighted by molar-refractivity contribution is 7.25. The average molecular weight is 718 g/mol. The maximum absolute atomic E-state index is 2.52. The Labute approximate surface area is 323 Å². The van der Waals surface area contributed by atoms with Gasteiger partial charge in [-0.05, 0) is 107 Å². The number of nitrogens with zero attached hydrogens (tertiary/aromatic N) is 1. The fourth-order valence-corrected chi connectivity index (χ4v) is 10.7. The molecule has 54 heavy (non-hydrogen) atoms. The summed E-state index contributed by atoms with van der Waals surface area (Å²) in [4.78, 5) is 2.52. The Hall–Kier alpha value is -5.18. The van der Waals surface area contributed by atoms with Crippen molar-refractivity contribution in [3.05, 3.63) is 163 Å². The van der Waals surface area contributed by atoms with Gasteiger partial charge in [-0.3, -0.25) is 0 Å². The molecule has 2 saturated carbocycles. The van der Waals surface area contributed by atoms with E-state index in [2.05, 4.69) is 157 Å². The molecule has 0 N–H and O–H groups in total. The lowest BCUT2D eigenvalue weighted by Crippen LogP contribution is -2.12. The predicted molar refractivity (Wildman–Crippen MR) is 234 cm³/mol. The van der Waals surface area contributed by atoms with Crippen LogP contribution < -0.4 is 4.90 Å². The molecule has 0 aliphatic heterocycles. The van der Waals surface area contributed by atoms with Gasteiger partial charge in [-0.1, -0.05) is 154 Å². The van der Waals surface area contributed by atoms with E-state index >= 15 is 0 Å². The van der Waals surface area contributed by atoms with Gasteiger partial charge < -0.3 is 4.90 Å². The summed E-state index contributed by atoms with van der Waals surface area (Å²) in [5, 5.41) is 5.17. The molecule has 0 saturated heterocycles. The van der Waals surface area contributed by atoms with E-state index < -0.39 is 0 Å². The van der Waals surface area contributed by atoms with Crippen LogP contribution in [0.5, 0.6) is 0 Å². The van der Waals surface area contributed by atoms with Crippen molar-refractivity contribution in [1.82, 2.24) is 0 Å². The van der Waals surface area contributed by atoms with Crippen molar-refractivity contribution in [3.8, 4) is 22.3 Å². The standard InChI is InChI=1S/C52H47NS/c1-3-11-36(12-4-1)38-19-21-39(22-20-38)41-25-31-45(32-26-41)53(44-29-23-40(24-30-44)37-13-5-2-6-14-37)52-46-16-8-7-15-42(46)27-33-47(52)43-28-34-49-48-17-9-10-18-50(48)54-51(49)35-43/h7-10,15-37H,1-6,11-14H2. The van der Waals surface area contributed by atoms with E-state index in [4.69, 9.17) is 0 Å². The molecule has 1 nitrogen and oxygen atoms in total. The van der Waals surface area contributed by atoms with E-state index in [1.807, 2.05) is 11.3 Å². The van der Waals surface area contributed by atoms with Gasteiger partial charge in [0.2, 0.25) is 0 Å². The van der Waals surface area contributed by atoms with Gasteiger partial charge in [-0.2, -0.15) is 0 Å². The van der Waals surface area contributed by atoms with E-state index in [0.29, 0.717) is 5.92 Å². The quantitative estimate of drug-likeness (QED) is 0.159. The second-order valence-electron chi connectivity index (χ2n) is 15.8. The molecular formula is C52H47NS. The molecule has 0 amide bonds. The van der Waals surface area contributed by atoms with Crippen LogP contribution in [0.3, 0.4) is 0 Å². The molecule has 7 aromatic carbocycles. The van der Waals surface area contributed by atoms with E-state index in [1.165, 1.54) is 146 Å². The smallest absolute Gasteiger partial charge is 0.0618 e. The summed E-state index contributed by atoms with van der Waals surface area (Å²) in [6, 6.07) is 57.8. The normalized spacial score (nSPS) is 15.6. The minimum Gasteiger partial charge on any atom is -0.309 e. The first-order valence-electron chi connectivity index (χ1n) is 20.3. The van der Waals surface area contributed by atoms with Crippen LogP contribution in [0, 0.1) is 0 Å². The number of rotatable bonds is 7. The molecule has 1 aromatic heterocycles. The maximum Gasteiger partial charge on any atom is 0.0618 e. The predicted octanol–water partition coefficient (Wildman–Crippen LogP) is 16.1. The lowest BCUT2D eigenvalue weighted by atomic mass is 9.84. The molecule has 0 radical (unpaired) electrons. The van der Waals surface area contributed by atoms with Crippen LogP contribution >= 0.6 is 11.3 Å². The number of anilines is 3. The SMILES string of the molecule is c1ccc2c(N(c3ccc(-c4ccc(C5CCCCC5)cc4)cc3)c3ccc(C4CCCCC4)cc3)c(-c3ccc4c(c3)sc3ccccc34)ccc2c1. The topological polar surface area (TPSA) is 3.24 Å². The highest BCUT2D eigenvalue weighted by Gasteiger charge is 2.23. The molecule has 0 unspecified atom stereocenters. The van der Waals surface area contributed by atoms with Crippen molar-refractivity contribution in [1.29, 1.82) is 0 Å². The molecule has 10 rings (SSSR count). The minimum atomic E-state index is 0.672. The first-order chi connectivity index (χ1) is 26.8. The molecule has 0 atom stereocenters. The van der Waals surface area contributed by atoms with Crippen molar-refractivity contribution in [3.63, 3.8) is 0 Å². The number of fused-ring (bicyclic) bond motifs is 4. The van der Waals surface area contributed by atoms with Gasteiger partial charge in [0.15, 0.2) is 0 Å². The zero-order valence-corrected chi connectivity index (χ0v) is 31.8. The van der Waals surface area contributed by atoms with Crippen LogP contribution in [-0.4, -0.2) is 0 Å². The van der Waals surface area contributed by atoms with Crippen molar-refractivity contribution < 1.29 is 0 Å². The van der Waals surface area contributed by atoms with Crippen molar-refractivity contribution in [2.75, 3.05) is 4.90 Å². The Morgan fingerprint density at radius 2 is 0.926 bits per heavy atom. The van der Waals surface area contributed by atoms with Crippen LogP contribution in [0.4, 0.5) is 17.1 Å². The molecule has 8 aromatic rings. The summed E-state index contributed by atoms with van der Waals surface area (Å²) in [6.07, 6.45) is 13.5. The third-order valence-electron chi connectivity index (χ3n) is 12.5. The molecule has 2 heteroatoms. The molecule has 266 valence electrons. The summed E-state index contributed by atoms with van der Waals surface area (Å²) < 4.78 is 2.67. The number of hydrogen-bond acceptors (Lipinski definition) is 2. The Bertz CT molecular complexity index is 2550. The zero-order valence-electron chi connectivity index (χ0n) is 31.0. The number of benzene rings is 7. The third kappa shape index (κ3) is 6.31. The third-order valence-corrected chi connectivity index (χ3v) is 13.6. The van der Waals surface area contributed by atoms with Gasteiger partial charge in [0.05, 0.1) is 5.69 Å². The fourth-order valence-electron chi connectivity index (χ4n) is 9.55. The van der Waals surface area contributed by atoms with Crippen LogP contribution in [0.1, 0.15) is 87.2 Å². The van der Waals surface area contributed by atoms with Gasteiger partial charge in [0, 0.05) is 42.5 Å². The van der Waals surface area contributed by atoms with Crippen LogP contribution in [0.25, 0.3) is 53.2 Å². The Morgan fingerprint density at radius 3 is 1.59 bits per heavy atom. The van der Waals surface area contributed by atoms with Gasteiger partial charge in [0.25, 0.3) is 0 Å². The molecule has 2 aliphatic rings. The largest absolute Gasteiger partial charge is 0.309 e. The summed E-state index contributed by atoms with van der Waals surface area (Å²) in [7, 11) is 0. The summed E-state index contributed by atoms with van der Waals surface area (Å²) in [5.41, 5.74) is 11.6. The highest BCUT2D eigenvalue weighted by atomic mass is 32.1. The second-order valence-corrected chi connectivity index (χ2v) is 16.8. The molecule has 0 bridgehead atoms. The van der Waals surface area contributed by atoms with Crippen LogP contribution in [0.15, 0.2) is 152 Å². The zero-order chi connectivity index (χ0) is 35.8. The van der Waals surface area contributed by atoms with Crippen molar-refractivity contribution >= 4 is 59.3 Å². The van der Waals surface area contributed by atoms with Crippen LogP contribution in [0.2, 0.25) is 0 Å². The fraction of sp³-hybridized carbons (Fsp3) is 0.231. The second kappa shape index (κ2) is 14.6. The first kappa shape index (κ1) is 33.4. The van der Waals surface area contributed by atoms with Gasteiger partial charge in [-0.25, -0.2) is 0 Å². The molecule has 1 heterocycles. The lowest BCUT2D eigenvalue weighted by molar-refractivity contribution is 0.443. The van der Waals surface area contributed by atoms with Gasteiger partial charge >= 0.3 is 0 Å². The molecule has 2 aliphatic carbocycles. The van der Waals surface area contributed by atoms with Crippen molar-refractivity contribution in [2.45, 2.75) is 76.0 Å². The Morgan fingerprint density at radius 1 is 0.407 bits per heavy atom. The van der Waals surface area contributed by atoms with Crippen molar-refractivity contribution in [2.24, 2.45) is 0 Å². The summed E-state index contributed by atoms with van der Waals surface area (Å²) in [6.45, 7) is 0. The molecular weight excluding hydrogens is 671 g/mol. The monoisotopic (exact) mass is 717 g/mol. The lowest BCUT2D eigenvalue weighted by Gasteiger charge is -2.30. The Balaban J connectivity index is 1.10. The van der Waals surface area contributed by atoms with Gasteiger partial charge in [0.1, 0.15) is 0 Å².